The molecule has 0 radical (unpaired) electrons. The van der Waals surface area contributed by atoms with Crippen molar-refractivity contribution < 1.29 is 77.2 Å². The molecule has 2 rings (SSSR count). The maximum absolute atomic E-state index is 14.3. The predicted molar refractivity (Wildman–Crippen MR) is 347 cm³/mol. The molecule has 2 aliphatic rings. The van der Waals surface area contributed by atoms with Crippen molar-refractivity contribution in [1.29, 1.82) is 0 Å². The maximum atomic E-state index is 14.3. The molecule has 3 N–H and O–H groups in total. The Morgan fingerprint density at radius 3 is 0.841 bits per heavy atom. The Kier molecular flexibility index (Phi) is 50.4. The Bertz CT molecular complexity index is 1710. The number of aliphatic hydroxyl groups excluding tert-OH is 3. The Balaban J connectivity index is 2.60. The Morgan fingerprint density at radius 1 is 0.307 bits per heavy atom. The van der Waals surface area contributed by atoms with E-state index in [1.54, 1.807) is 0 Å². The van der Waals surface area contributed by atoms with E-state index in [9.17, 15) is 39.3 Å². The summed E-state index contributed by atoms with van der Waals surface area (Å²) in [6.07, 6.45) is 33.5. The lowest BCUT2D eigenvalue weighted by atomic mass is 9.97. The van der Waals surface area contributed by atoms with Crippen LogP contribution in [-0.2, 0) is 61.9 Å². The van der Waals surface area contributed by atoms with Gasteiger partial charge in [-0.25, -0.2) is 0 Å². The second-order valence-corrected chi connectivity index (χ2v) is 25.8. The molecule has 16 heteroatoms. The van der Waals surface area contributed by atoms with Gasteiger partial charge in [-0.15, -0.1) is 0 Å². The van der Waals surface area contributed by atoms with Crippen molar-refractivity contribution in [1.82, 2.24) is 0 Å². The van der Waals surface area contributed by atoms with E-state index < -0.39 is 104 Å². The SMILES string of the molecule is CCCCCCCCCCCC(=O)O[C@@H]1[C@@H](OC(=O)CCCCCCCCCCC)[C@@H](O[C@]2(CO)O[C@H](CO)[C@@H](OC(=O)CCCCCCCCCCC)[C@@H]2OC(=O)CCCCCCCCCCC)O[C@H](CO)[C@H]1OC(=O)CCCCCCCCCCC. The van der Waals surface area contributed by atoms with Crippen LogP contribution >= 0.6 is 0 Å². The molecule has 16 nitrogen and oxygen atoms in total. The molecule has 88 heavy (non-hydrogen) atoms. The van der Waals surface area contributed by atoms with Crippen LogP contribution in [0, 0.1) is 0 Å². The van der Waals surface area contributed by atoms with Gasteiger partial charge in [0.15, 0.2) is 30.5 Å². The summed E-state index contributed by atoms with van der Waals surface area (Å²) < 4.78 is 50.6. The van der Waals surface area contributed by atoms with Crippen LogP contribution in [0.25, 0.3) is 0 Å². The highest BCUT2D eigenvalue weighted by Crippen LogP contribution is 2.41. The number of carbonyl (C=O) groups is 5. The summed E-state index contributed by atoms with van der Waals surface area (Å²) in [5, 5.41) is 33.7. The Morgan fingerprint density at radius 2 is 0.557 bits per heavy atom. The molecule has 0 unspecified atom stereocenters. The highest BCUT2D eigenvalue weighted by Gasteiger charge is 2.64. The summed E-state index contributed by atoms with van der Waals surface area (Å²) in [7, 11) is 0. The van der Waals surface area contributed by atoms with Crippen molar-refractivity contribution in [2.75, 3.05) is 19.8 Å². The summed E-state index contributed by atoms with van der Waals surface area (Å²) in [4.78, 5) is 70.2. The number of rotatable bonds is 60. The summed E-state index contributed by atoms with van der Waals surface area (Å²) in [5.74, 6) is -5.69. The van der Waals surface area contributed by atoms with Crippen LogP contribution in [0.3, 0.4) is 0 Å². The van der Waals surface area contributed by atoms with E-state index >= 15 is 0 Å². The average molecular weight is 1250 g/mol. The first-order valence-corrected chi connectivity index (χ1v) is 36.8. The van der Waals surface area contributed by atoms with Crippen LogP contribution in [-0.4, -0.2) is 120 Å². The number of hydrogen-bond donors (Lipinski definition) is 3. The van der Waals surface area contributed by atoms with Crippen molar-refractivity contribution >= 4 is 29.8 Å². The van der Waals surface area contributed by atoms with Gasteiger partial charge in [-0.3, -0.25) is 24.0 Å². The van der Waals surface area contributed by atoms with Crippen molar-refractivity contribution in [3.05, 3.63) is 0 Å². The molecule has 2 saturated heterocycles. The number of carbonyl (C=O) groups excluding carboxylic acids is 5. The number of aliphatic hydroxyl groups is 3. The van der Waals surface area contributed by atoms with E-state index in [1.807, 2.05) is 0 Å². The maximum Gasteiger partial charge on any atom is 0.306 e. The van der Waals surface area contributed by atoms with Crippen LogP contribution in [0.4, 0.5) is 0 Å². The van der Waals surface area contributed by atoms with Gasteiger partial charge < -0.3 is 53.2 Å². The molecule has 2 aliphatic heterocycles. The molecule has 0 bridgehead atoms. The fraction of sp³-hybridized carbons (Fsp3) is 0.931. The van der Waals surface area contributed by atoms with Crippen LogP contribution in [0.1, 0.15) is 356 Å². The van der Waals surface area contributed by atoms with Gasteiger partial charge in [0.2, 0.25) is 12.1 Å². The molecule has 2 heterocycles. The molecule has 0 aliphatic carbocycles. The molecule has 9 atom stereocenters. The quantitative estimate of drug-likeness (QED) is 0.0293. The summed E-state index contributed by atoms with van der Waals surface area (Å²) >= 11 is 0. The molecule has 0 spiro atoms. The summed E-state index contributed by atoms with van der Waals surface area (Å²) in [6.45, 7) is 8.40. The normalized spacial score (nSPS) is 21.8. The third-order valence-electron chi connectivity index (χ3n) is 17.7. The second-order valence-electron chi connectivity index (χ2n) is 25.8. The third kappa shape index (κ3) is 37.0. The van der Waals surface area contributed by atoms with E-state index in [0.717, 1.165) is 135 Å². The molecule has 0 aromatic rings. The highest BCUT2D eigenvalue weighted by atomic mass is 16.8. The highest BCUT2D eigenvalue weighted by molar-refractivity contribution is 5.72. The number of unbranched alkanes of at least 4 members (excludes halogenated alkanes) is 40. The van der Waals surface area contributed by atoms with Gasteiger partial charge in [-0.05, 0) is 32.1 Å². The van der Waals surface area contributed by atoms with Crippen LogP contribution < -0.4 is 0 Å². The molecule has 0 amide bonds. The lowest BCUT2D eigenvalue weighted by Gasteiger charge is -2.46. The largest absolute Gasteiger partial charge is 0.455 e. The third-order valence-corrected chi connectivity index (χ3v) is 17.7. The number of esters is 5. The van der Waals surface area contributed by atoms with E-state index in [2.05, 4.69) is 34.6 Å². The zero-order valence-electron chi connectivity index (χ0n) is 56.7. The topological polar surface area (TPSA) is 220 Å². The number of ether oxygens (including phenoxy) is 8. The minimum Gasteiger partial charge on any atom is -0.455 e. The molecular weight excluding hydrogens is 1120 g/mol. The van der Waals surface area contributed by atoms with Gasteiger partial charge in [0, 0.05) is 32.1 Å². The smallest absolute Gasteiger partial charge is 0.306 e. The van der Waals surface area contributed by atoms with Crippen LogP contribution in [0.15, 0.2) is 0 Å². The molecule has 2 fully saturated rings. The zero-order valence-corrected chi connectivity index (χ0v) is 56.7. The zero-order chi connectivity index (χ0) is 64.1. The fourth-order valence-electron chi connectivity index (χ4n) is 12.2. The number of hydrogen-bond acceptors (Lipinski definition) is 16. The first kappa shape index (κ1) is 81.2. The Hall–Kier alpha value is -2.89. The standard InChI is InChI=1S/C72H132O16/c1-6-11-16-21-26-31-36-41-46-51-61(76)82-66-59(56-73)81-71(69(85-64(79)54-49-44-39-34-29-24-19-14-9-4)68(66)84-63(78)53-48-43-38-33-28-23-18-13-8-3)88-72(58-75)70(86-65(80)55-50-45-40-35-30-25-20-15-10-5)67(60(57-74)87-72)83-62(77)52-47-42-37-32-27-22-17-12-7-2/h59-60,66-71,73-75H,6-58H2,1-5H3/t59-,60-,66-,67-,68+,69-,70+,71-,72+/m1/s1. The first-order valence-electron chi connectivity index (χ1n) is 36.8. The van der Waals surface area contributed by atoms with Crippen LogP contribution in [0.2, 0.25) is 0 Å². The van der Waals surface area contributed by atoms with Crippen molar-refractivity contribution in [3.8, 4) is 0 Å². The van der Waals surface area contributed by atoms with Gasteiger partial charge in [0.05, 0.1) is 13.2 Å². The molecule has 516 valence electrons. The van der Waals surface area contributed by atoms with E-state index in [0.29, 0.717) is 32.1 Å². The predicted octanol–water partition coefficient (Wildman–Crippen LogP) is 17.0. The van der Waals surface area contributed by atoms with Crippen molar-refractivity contribution in [2.45, 2.75) is 410 Å². The van der Waals surface area contributed by atoms with E-state index in [1.165, 1.54) is 122 Å². The van der Waals surface area contributed by atoms with Gasteiger partial charge in [-0.2, -0.15) is 0 Å². The molecule has 0 aromatic carbocycles. The lowest BCUT2D eigenvalue weighted by molar-refractivity contribution is -0.384. The molecule has 0 aromatic heterocycles. The average Bonchev–Trinajstić information content (AvgIpc) is 1.54. The minimum atomic E-state index is -2.44. The molecular formula is C72H132O16. The monoisotopic (exact) mass is 1250 g/mol. The van der Waals surface area contributed by atoms with Gasteiger partial charge in [0.1, 0.15) is 18.8 Å². The molecule has 0 saturated carbocycles. The Labute approximate surface area is 535 Å². The second kappa shape index (κ2) is 54.6. The van der Waals surface area contributed by atoms with Crippen molar-refractivity contribution in [3.63, 3.8) is 0 Å². The minimum absolute atomic E-state index is 0.00563. The van der Waals surface area contributed by atoms with Gasteiger partial charge >= 0.3 is 29.8 Å². The van der Waals surface area contributed by atoms with E-state index in [-0.39, 0.29) is 32.1 Å². The first-order chi connectivity index (χ1) is 43.0. The van der Waals surface area contributed by atoms with Crippen LogP contribution in [0.5, 0.6) is 0 Å². The fourth-order valence-corrected chi connectivity index (χ4v) is 12.2. The van der Waals surface area contributed by atoms with Gasteiger partial charge in [0.25, 0.3) is 0 Å². The van der Waals surface area contributed by atoms with E-state index in [4.69, 9.17) is 37.9 Å². The summed E-state index contributed by atoms with van der Waals surface area (Å²) in [5.41, 5.74) is 0. The lowest BCUT2D eigenvalue weighted by Crippen LogP contribution is -2.65. The van der Waals surface area contributed by atoms with Gasteiger partial charge in [-0.1, -0.05) is 291 Å². The summed E-state index contributed by atoms with van der Waals surface area (Å²) in [6, 6.07) is 0. The van der Waals surface area contributed by atoms with Crippen molar-refractivity contribution in [2.24, 2.45) is 0 Å².